The van der Waals surface area contributed by atoms with Crippen molar-refractivity contribution in [2.75, 3.05) is 52.9 Å². The molecule has 0 radical (unpaired) electrons. The topological polar surface area (TPSA) is 52.8 Å². The Kier molecular flexibility index (Phi) is 6.23. The van der Waals surface area contributed by atoms with E-state index in [-0.39, 0.29) is 11.4 Å². The number of amides is 1. The number of nitrogens with two attached hydrogens (primary N) is 1. The van der Waals surface area contributed by atoms with Crippen LogP contribution in [0, 0.1) is 0 Å². The molecule has 1 rings (SSSR count). The number of hydrogen-bond acceptors (Lipinski definition) is 4. The first kappa shape index (κ1) is 16.4. The van der Waals surface area contributed by atoms with E-state index in [1.54, 1.807) is 0 Å². The van der Waals surface area contributed by atoms with Gasteiger partial charge in [-0.2, -0.15) is 0 Å². The van der Waals surface area contributed by atoms with E-state index < -0.39 is 0 Å². The van der Waals surface area contributed by atoms with Gasteiger partial charge in [0.2, 0.25) is 5.91 Å². The molecule has 1 saturated heterocycles. The Morgan fingerprint density at radius 3 is 2.26 bits per heavy atom. The van der Waals surface area contributed by atoms with Crippen LogP contribution in [-0.4, -0.2) is 79.0 Å². The van der Waals surface area contributed by atoms with Crippen LogP contribution in [0.15, 0.2) is 0 Å². The Morgan fingerprint density at radius 1 is 1.26 bits per heavy atom. The fraction of sp³-hybridized carbons (Fsp3) is 0.929. The van der Waals surface area contributed by atoms with Gasteiger partial charge in [0.05, 0.1) is 6.54 Å². The molecule has 0 aliphatic carbocycles. The van der Waals surface area contributed by atoms with Gasteiger partial charge in [-0.05, 0) is 26.9 Å². The summed E-state index contributed by atoms with van der Waals surface area (Å²) in [6.07, 6.45) is 0.966. The molecule has 1 aliphatic rings. The zero-order chi connectivity index (χ0) is 14.5. The second-order valence-electron chi connectivity index (χ2n) is 5.75. The van der Waals surface area contributed by atoms with Crippen molar-refractivity contribution in [2.45, 2.75) is 32.7 Å². The Morgan fingerprint density at radius 2 is 1.84 bits per heavy atom. The van der Waals surface area contributed by atoms with E-state index in [0.29, 0.717) is 13.1 Å². The molecule has 1 heterocycles. The lowest BCUT2D eigenvalue weighted by atomic mass is 9.96. The standard InChI is InChI=1S/C14H30N4O/c1-5-14(3,12-15)18(6-2)11-13(19)17-9-7-16(4)8-10-17/h5-12,15H2,1-4H3. The summed E-state index contributed by atoms with van der Waals surface area (Å²) in [6.45, 7) is 12.0. The smallest absolute Gasteiger partial charge is 0.236 e. The van der Waals surface area contributed by atoms with Gasteiger partial charge >= 0.3 is 0 Å². The van der Waals surface area contributed by atoms with Crippen molar-refractivity contribution in [2.24, 2.45) is 5.73 Å². The van der Waals surface area contributed by atoms with E-state index in [4.69, 9.17) is 5.73 Å². The Balaban J connectivity index is 2.58. The molecule has 5 heteroatoms. The average Bonchev–Trinajstić information content (AvgIpc) is 2.44. The molecule has 5 nitrogen and oxygen atoms in total. The summed E-state index contributed by atoms with van der Waals surface area (Å²) >= 11 is 0. The first-order chi connectivity index (χ1) is 8.96. The van der Waals surface area contributed by atoms with E-state index in [1.807, 2.05) is 4.90 Å². The minimum Gasteiger partial charge on any atom is -0.339 e. The maximum atomic E-state index is 12.4. The maximum absolute atomic E-state index is 12.4. The van der Waals surface area contributed by atoms with Crippen molar-refractivity contribution >= 4 is 5.91 Å². The number of carbonyl (C=O) groups is 1. The highest BCUT2D eigenvalue weighted by Gasteiger charge is 2.30. The average molecular weight is 270 g/mol. The van der Waals surface area contributed by atoms with Crippen molar-refractivity contribution in [1.29, 1.82) is 0 Å². The first-order valence-corrected chi connectivity index (χ1v) is 7.38. The van der Waals surface area contributed by atoms with Gasteiger partial charge in [-0.1, -0.05) is 13.8 Å². The van der Waals surface area contributed by atoms with Gasteiger partial charge in [-0.15, -0.1) is 0 Å². The summed E-state index contributed by atoms with van der Waals surface area (Å²) in [7, 11) is 2.10. The van der Waals surface area contributed by atoms with E-state index in [2.05, 4.69) is 37.6 Å². The minimum atomic E-state index is -0.0724. The first-order valence-electron chi connectivity index (χ1n) is 7.38. The minimum absolute atomic E-state index is 0.0724. The second-order valence-corrected chi connectivity index (χ2v) is 5.75. The third-order valence-electron chi connectivity index (χ3n) is 4.53. The molecule has 0 aromatic heterocycles. The molecule has 0 bridgehead atoms. The summed E-state index contributed by atoms with van der Waals surface area (Å²) in [5.41, 5.74) is 5.82. The third kappa shape index (κ3) is 4.16. The lowest BCUT2D eigenvalue weighted by molar-refractivity contribution is -0.135. The van der Waals surface area contributed by atoms with Crippen LogP contribution in [0.1, 0.15) is 27.2 Å². The van der Waals surface area contributed by atoms with Crippen LogP contribution in [0.4, 0.5) is 0 Å². The predicted octanol–water partition coefficient (Wildman–Crippen LogP) is 0.210. The molecular weight excluding hydrogens is 240 g/mol. The number of likely N-dealkylation sites (N-methyl/N-ethyl adjacent to an activating group) is 2. The summed E-state index contributed by atoms with van der Waals surface area (Å²) in [5, 5.41) is 0. The van der Waals surface area contributed by atoms with Crippen LogP contribution in [0.2, 0.25) is 0 Å². The molecule has 0 saturated carbocycles. The fourth-order valence-corrected chi connectivity index (χ4v) is 2.50. The molecule has 2 N–H and O–H groups in total. The van der Waals surface area contributed by atoms with E-state index >= 15 is 0 Å². The number of rotatable bonds is 6. The van der Waals surface area contributed by atoms with Crippen LogP contribution in [0.5, 0.6) is 0 Å². The maximum Gasteiger partial charge on any atom is 0.236 e. The highest BCUT2D eigenvalue weighted by atomic mass is 16.2. The summed E-state index contributed by atoms with van der Waals surface area (Å²) in [4.78, 5) is 18.8. The molecule has 1 unspecified atom stereocenters. The molecule has 1 amide bonds. The van der Waals surface area contributed by atoms with Crippen LogP contribution >= 0.6 is 0 Å². The van der Waals surface area contributed by atoms with Crippen LogP contribution < -0.4 is 5.73 Å². The van der Waals surface area contributed by atoms with Gasteiger partial charge in [-0.3, -0.25) is 9.69 Å². The van der Waals surface area contributed by atoms with Gasteiger partial charge < -0.3 is 15.5 Å². The normalized spacial score (nSPS) is 20.6. The molecule has 0 spiro atoms. The number of carbonyl (C=O) groups excluding carboxylic acids is 1. The van der Waals surface area contributed by atoms with E-state index in [1.165, 1.54) is 0 Å². The number of hydrogen-bond donors (Lipinski definition) is 1. The summed E-state index contributed by atoms with van der Waals surface area (Å²) in [6, 6.07) is 0. The summed E-state index contributed by atoms with van der Waals surface area (Å²) in [5.74, 6) is 0.239. The van der Waals surface area contributed by atoms with E-state index in [9.17, 15) is 4.79 Å². The molecular formula is C14H30N4O. The molecule has 112 valence electrons. The third-order valence-corrected chi connectivity index (χ3v) is 4.53. The van der Waals surface area contributed by atoms with Gasteiger partial charge in [-0.25, -0.2) is 0 Å². The van der Waals surface area contributed by atoms with Crippen molar-refractivity contribution < 1.29 is 4.79 Å². The molecule has 0 aromatic rings. The Bertz CT molecular complexity index is 283. The molecule has 1 atom stereocenters. The lowest BCUT2D eigenvalue weighted by Crippen LogP contribution is -2.56. The van der Waals surface area contributed by atoms with Gasteiger partial charge in [0.1, 0.15) is 0 Å². The zero-order valence-electron chi connectivity index (χ0n) is 13.0. The second kappa shape index (κ2) is 7.22. The monoisotopic (exact) mass is 270 g/mol. The Labute approximate surface area is 117 Å². The fourth-order valence-electron chi connectivity index (χ4n) is 2.50. The lowest BCUT2D eigenvalue weighted by Gasteiger charge is -2.41. The SMILES string of the molecule is CCN(CC(=O)N1CCN(C)CC1)C(C)(CC)CN. The molecule has 19 heavy (non-hydrogen) atoms. The number of nitrogens with zero attached hydrogens (tertiary/aromatic N) is 3. The summed E-state index contributed by atoms with van der Waals surface area (Å²) < 4.78 is 0. The van der Waals surface area contributed by atoms with E-state index in [0.717, 1.165) is 39.1 Å². The quantitative estimate of drug-likeness (QED) is 0.750. The Hall–Kier alpha value is -0.650. The van der Waals surface area contributed by atoms with Crippen molar-refractivity contribution in [3.8, 4) is 0 Å². The van der Waals surface area contributed by atoms with Crippen LogP contribution in [0.25, 0.3) is 0 Å². The molecule has 0 aromatic carbocycles. The highest BCUT2D eigenvalue weighted by Crippen LogP contribution is 2.18. The van der Waals surface area contributed by atoms with Gasteiger partial charge in [0, 0.05) is 38.3 Å². The number of piperazine rings is 1. The highest BCUT2D eigenvalue weighted by molar-refractivity contribution is 5.78. The van der Waals surface area contributed by atoms with Gasteiger partial charge in [0.15, 0.2) is 0 Å². The zero-order valence-corrected chi connectivity index (χ0v) is 13.0. The van der Waals surface area contributed by atoms with Crippen LogP contribution in [-0.2, 0) is 4.79 Å². The van der Waals surface area contributed by atoms with Crippen molar-refractivity contribution in [1.82, 2.24) is 14.7 Å². The largest absolute Gasteiger partial charge is 0.339 e. The molecule has 1 fully saturated rings. The van der Waals surface area contributed by atoms with Crippen molar-refractivity contribution in [3.05, 3.63) is 0 Å². The van der Waals surface area contributed by atoms with Crippen molar-refractivity contribution in [3.63, 3.8) is 0 Å². The van der Waals surface area contributed by atoms with Crippen LogP contribution in [0.3, 0.4) is 0 Å². The predicted molar refractivity (Wildman–Crippen MR) is 79.1 cm³/mol. The van der Waals surface area contributed by atoms with Gasteiger partial charge in [0.25, 0.3) is 0 Å². The molecule has 1 aliphatic heterocycles.